The first-order valence-corrected chi connectivity index (χ1v) is 6.65. The van der Waals surface area contributed by atoms with Gasteiger partial charge in [0.2, 0.25) is 0 Å². The number of phenolic OH excluding ortho intramolecular Hbond substituents is 1. The zero-order chi connectivity index (χ0) is 13.8. The van der Waals surface area contributed by atoms with Crippen molar-refractivity contribution in [3.63, 3.8) is 0 Å². The molecule has 0 radical (unpaired) electrons. The summed E-state index contributed by atoms with van der Waals surface area (Å²) in [5, 5.41) is 13.5. The van der Waals surface area contributed by atoms with Crippen molar-refractivity contribution >= 4 is 34.6 Å². The van der Waals surface area contributed by atoms with Gasteiger partial charge < -0.3 is 5.11 Å². The number of benzene rings is 1. The molecule has 4 nitrogen and oxygen atoms in total. The molecule has 0 aliphatic carbocycles. The third-order valence-electron chi connectivity index (χ3n) is 2.40. The number of amides is 1. The molecule has 2 rings (SSSR count). The minimum atomic E-state index is -0.458. The molecule has 0 fully saturated rings. The van der Waals surface area contributed by atoms with Gasteiger partial charge in [0, 0.05) is 0 Å². The Hall–Kier alpha value is -1.85. The van der Waals surface area contributed by atoms with Crippen LogP contribution in [0.4, 0.5) is 0 Å². The zero-order valence-corrected chi connectivity index (χ0v) is 11.6. The van der Waals surface area contributed by atoms with Crippen molar-refractivity contribution in [2.75, 3.05) is 0 Å². The number of carbonyl (C=O) groups is 1. The third kappa shape index (κ3) is 3.33. The van der Waals surface area contributed by atoms with E-state index in [1.165, 1.54) is 23.5 Å². The molecule has 0 aliphatic rings. The molecule has 0 atom stereocenters. The Balaban J connectivity index is 2.10. The lowest BCUT2D eigenvalue weighted by molar-refractivity contribution is 0.0952. The number of nitrogens with zero attached hydrogens (tertiary/aromatic N) is 1. The van der Waals surface area contributed by atoms with E-state index in [9.17, 15) is 9.90 Å². The van der Waals surface area contributed by atoms with Crippen molar-refractivity contribution < 1.29 is 9.90 Å². The number of rotatable bonds is 3. The van der Waals surface area contributed by atoms with Crippen molar-refractivity contribution in [1.29, 1.82) is 0 Å². The van der Waals surface area contributed by atoms with Crippen LogP contribution in [0.1, 0.15) is 22.2 Å². The highest BCUT2D eigenvalue weighted by Gasteiger charge is 2.09. The molecule has 0 saturated heterocycles. The molecule has 2 N–H and O–H groups in total. The Labute approximate surface area is 119 Å². The lowest BCUT2D eigenvalue weighted by Gasteiger charge is -2.03. The maximum atomic E-state index is 11.8. The number of aromatic hydroxyl groups is 1. The Kier molecular flexibility index (Phi) is 4.19. The fourth-order valence-corrected chi connectivity index (χ4v) is 2.41. The van der Waals surface area contributed by atoms with E-state index in [1.807, 2.05) is 6.07 Å². The highest BCUT2D eigenvalue weighted by atomic mass is 35.5. The van der Waals surface area contributed by atoms with E-state index >= 15 is 0 Å². The molecular weight excluding hydrogens is 284 g/mol. The molecule has 0 spiro atoms. The van der Waals surface area contributed by atoms with Crippen molar-refractivity contribution in [3.05, 3.63) is 51.2 Å². The van der Waals surface area contributed by atoms with Crippen molar-refractivity contribution in [2.24, 2.45) is 5.10 Å². The van der Waals surface area contributed by atoms with Crippen LogP contribution in [0, 0.1) is 0 Å². The summed E-state index contributed by atoms with van der Waals surface area (Å²) in [4.78, 5) is 12.7. The summed E-state index contributed by atoms with van der Waals surface area (Å²) in [6.07, 6.45) is 0. The molecule has 1 aromatic carbocycles. The molecule has 1 aromatic heterocycles. The first-order valence-electron chi connectivity index (χ1n) is 5.46. The second-order valence-electron chi connectivity index (χ2n) is 3.76. The summed E-state index contributed by atoms with van der Waals surface area (Å²) in [5.41, 5.74) is 3.24. The van der Waals surface area contributed by atoms with Gasteiger partial charge in [-0.3, -0.25) is 4.79 Å². The Morgan fingerprint density at radius 3 is 2.68 bits per heavy atom. The van der Waals surface area contributed by atoms with E-state index in [1.54, 1.807) is 25.1 Å². The van der Waals surface area contributed by atoms with E-state index in [4.69, 9.17) is 11.6 Å². The lowest BCUT2D eigenvalue weighted by atomic mass is 10.2. The van der Waals surface area contributed by atoms with Gasteiger partial charge in [0.25, 0.3) is 5.91 Å². The molecule has 1 heterocycles. The van der Waals surface area contributed by atoms with Crippen molar-refractivity contribution in [3.8, 4) is 5.75 Å². The van der Waals surface area contributed by atoms with E-state index in [-0.39, 0.29) is 11.3 Å². The molecule has 0 saturated carbocycles. The number of para-hydroxylation sites is 1. The summed E-state index contributed by atoms with van der Waals surface area (Å²) >= 11 is 7.21. The van der Waals surface area contributed by atoms with E-state index in [2.05, 4.69) is 10.5 Å². The van der Waals surface area contributed by atoms with Crippen LogP contribution in [-0.2, 0) is 0 Å². The van der Waals surface area contributed by atoms with Crippen LogP contribution < -0.4 is 5.43 Å². The number of thiophene rings is 1. The smallest absolute Gasteiger partial charge is 0.275 e. The molecule has 0 aliphatic heterocycles. The van der Waals surface area contributed by atoms with E-state index in [0.29, 0.717) is 10.0 Å². The van der Waals surface area contributed by atoms with E-state index < -0.39 is 5.91 Å². The monoisotopic (exact) mass is 294 g/mol. The second-order valence-corrected chi connectivity index (χ2v) is 5.47. The van der Waals surface area contributed by atoms with Gasteiger partial charge in [0.1, 0.15) is 5.75 Å². The van der Waals surface area contributed by atoms with E-state index in [0.717, 1.165) is 4.88 Å². The highest BCUT2D eigenvalue weighted by molar-refractivity contribution is 7.18. The number of hydrazone groups is 1. The van der Waals surface area contributed by atoms with Gasteiger partial charge in [-0.15, -0.1) is 11.3 Å². The van der Waals surface area contributed by atoms with Crippen molar-refractivity contribution in [2.45, 2.75) is 6.92 Å². The maximum Gasteiger partial charge on any atom is 0.275 e. The van der Waals surface area contributed by atoms with Gasteiger partial charge in [-0.2, -0.15) is 5.10 Å². The molecule has 0 unspecified atom stereocenters. The number of hydrogen-bond donors (Lipinski definition) is 2. The first kappa shape index (κ1) is 13.6. The van der Waals surface area contributed by atoms with Crippen LogP contribution >= 0.6 is 22.9 Å². The molecule has 19 heavy (non-hydrogen) atoms. The summed E-state index contributed by atoms with van der Waals surface area (Å²) in [7, 11) is 0. The van der Waals surface area contributed by atoms with Crippen LogP contribution in [0.5, 0.6) is 5.75 Å². The Morgan fingerprint density at radius 2 is 2.05 bits per heavy atom. The van der Waals surface area contributed by atoms with Gasteiger partial charge >= 0.3 is 0 Å². The van der Waals surface area contributed by atoms with Crippen LogP contribution in [0.3, 0.4) is 0 Å². The largest absolute Gasteiger partial charge is 0.507 e. The van der Waals surface area contributed by atoms with Crippen LogP contribution in [0.25, 0.3) is 0 Å². The van der Waals surface area contributed by atoms with Crippen molar-refractivity contribution in [1.82, 2.24) is 5.43 Å². The lowest BCUT2D eigenvalue weighted by Crippen LogP contribution is -2.19. The van der Waals surface area contributed by atoms with Gasteiger partial charge in [-0.25, -0.2) is 5.43 Å². The molecular formula is C13H11ClN2O2S. The summed E-state index contributed by atoms with van der Waals surface area (Å²) in [6.45, 7) is 1.77. The predicted molar refractivity (Wildman–Crippen MR) is 77.1 cm³/mol. The third-order valence-corrected chi connectivity index (χ3v) is 3.74. The van der Waals surface area contributed by atoms with Crippen LogP contribution in [0.15, 0.2) is 41.5 Å². The summed E-state index contributed by atoms with van der Waals surface area (Å²) in [6, 6.07) is 9.89. The molecule has 6 heteroatoms. The second kappa shape index (κ2) is 5.86. The topological polar surface area (TPSA) is 61.7 Å². The minimum Gasteiger partial charge on any atom is -0.507 e. The minimum absolute atomic E-state index is 0.0768. The quantitative estimate of drug-likeness (QED) is 0.674. The molecule has 2 aromatic rings. The average Bonchev–Trinajstić information content (AvgIpc) is 2.83. The number of halogens is 1. The number of carbonyl (C=O) groups excluding carboxylic acids is 1. The fourth-order valence-electron chi connectivity index (χ4n) is 1.42. The highest BCUT2D eigenvalue weighted by Crippen LogP contribution is 2.22. The van der Waals surface area contributed by atoms with Gasteiger partial charge in [0.05, 0.1) is 20.5 Å². The maximum absolute atomic E-state index is 11.8. The normalized spacial score (nSPS) is 11.4. The summed E-state index contributed by atoms with van der Waals surface area (Å²) in [5.74, 6) is -0.535. The SMILES string of the molecule is C/C(=N/NC(=O)c1ccccc1O)c1ccc(Cl)s1. The van der Waals surface area contributed by atoms with Gasteiger partial charge in [-0.1, -0.05) is 23.7 Å². The standard InChI is InChI=1S/C13H11ClN2O2S/c1-8(11-6-7-12(14)19-11)15-16-13(18)9-4-2-3-5-10(9)17/h2-7,17H,1H3,(H,16,18)/b15-8-. The molecule has 1 amide bonds. The predicted octanol–water partition coefficient (Wildman–Crippen LogP) is 3.26. The Bertz CT molecular complexity index is 637. The van der Waals surface area contributed by atoms with Crippen LogP contribution in [0.2, 0.25) is 4.34 Å². The first-order chi connectivity index (χ1) is 9.08. The molecule has 0 bridgehead atoms. The summed E-state index contributed by atoms with van der Waals surface area (Å²) < 4.78 is 0.664. The number of hydrogen-bond acceptors (Lipinski definition) is 4. The van der Waals surface area contributed by atoms with Gasteiger partial charge in [-0.05, 0) is 31.2 Å². The number of nitrogens with one attached hydrogen (secondary N) is 1. The number of phenols is 1. The zero-order valence-electron chi connectivity index (χ0n) is 10.1. The van der Waals surface area contributed by atoms with Gasteiger partial charge in [0.15, 0.2) is 0 Å². The fraction of sp³-hybridized carbons (Fsp3) is 0.0769. The average molecular weight is 295 g/mol. The molecule has 98 valence electrons. The van der Waals surface area contributed by atoms with Crippen LogP contribution in [-0.4, -0.2) is 16.7 Å². The Morgan fingerprint density at radius 1 is 1.32 bits per heavy atom.